The predicted octanol–water partition coefficient (Wildman–Crippen LogP) is 3.51. The molecule has 2 aromatic rings. The highest BCUT2D eigenvalue weighted by Gasteiger charge is 2.34. The van der Waals surface area contributed by atoms with Gasteiger partial charge in [0.15, 0.2) is 0 Å². The fourth-order valence-corrected chi connectivity index (χ4v) is 5.59. The van der Waals surface area contributed by atoms with E-state index in [4.69, 9.17) is 9.72 Å². The van der Waals surface area contributed by atoms with Crippen LogP contribution in [0, 0.1) is 6.92 Å². The molecular formula is C29H42N6O3. The second-order valence-corrected chi connectivity index (χ2v) is 10.6. The van der Waals surface area contributed by atoms with Crippen molar-refractivity contribution in [3.63, 3.8) is 0 Å². The van der Waals surface area contributed by atoms with Crippen LogP contribution >= 0.6 is 0 Å². The Kier molecular flexibility index (Phi) is 8.89. The van der Waals surface area contributed by atoms with Crippen LogP contribution in [-0.2, 0) is 17.9 Å². The number of methoxy groups -OCH3 is 1. The molecule has 2 unspecified atom stereocenters. The SMILES string of the molecule is C=CC(=O)N1CCN(c2nc(OC)nc3c2CN(C(C)c2cc(O)ccc2C)C3)C(C)C1.CN1CCCC1. The van der Waals surface area contributed by atoms with Crippen molar-refractivity contribution in [2.45, 2.75) is 58.8 Å². The lowest BCUT2D eigenvalue weighted by Crippen LogP contribution is -2.54. The molecule has 0 saturated carbocycles. The third kappa shape index (κ3) is 6.10. The Labute approximate surface area is 226 Å². The molecule has 0 radical (unpaired) electrons. The smallest absolute Gasteiger partial charge is 0.318 e. The topological polar surface area (TPSA) is 85.3 Å². The first-order valence-corrected chi connectivity index (χ1v) is 13.6. The maximum Gasteiger partial charge on any atom is 0.318 e. The summed E-state index contributed by atoms with van der Waals surface area (Å²) in [6, 6.07) is 6.08. The lowest BCUT2D eigenvalue weighted by atomic mass is 10.0. The van der Waals surface area contributed by atoms with Gasteiger partial charge in [-0.1, -0.05) is 12.6 Å². The zero-order valence-electron chi connectivity index (χ0n) is 23.5. The lowest BCUT2D eigenvalue weighted by Gasteiger charge is -2.40. The summed E-state index contributed by atoms with van der Waals surface area (Å²) in [6.45, 7) is 15.9. The molecule has 1 aromatic heterocycles. The first kappa shape index (κ1) is 27.9. The number of phenols is 1. The number of amides is 1. The number of rotatable bonds is 5. The number of anilines is 1. The van der Waals surface area contributed by atoms with Gasteiger partial charge >= 0.3 is 6.01 Å². The average molecular weight is 523 g/mol. The van der Waals surface area contributed by atoms with E-state index in [1.165, 1.54) is 32.0 Å². The van der Waals surface area contributed by atoms with Crippen molar-refractivity contribution in [1.29, 1.82) is 0 Å². The summed E-state index contributed by atoms with van der Waals surface area (Å²) in [7, 11) is 3.76. The van der Waals surface area contributed by atoms with E-state index < -0.39 is 0 Å². The standard InChI is InChI=1S/C24H31N5O3.C5H11N/c1-6-22(31)27-9-10-29(16(3)12-27)23-20-13-28(14-21(20)25-24(26-23)32-5)17(4)19-11-18(30)8-7-15(19)2;1-6-4-2-3-5-6/h6-8,11,16-17,30H,1,9-10,12-14H2,2-5H3;2-5H2,1H3. The molecule has 4 heterocycles. The molecule has 38 heavy (non-hydrogen) atoms. The van der Waals surface area contributed by atoms with Gasteiger partial charge in [0.1, 0.15) is 11.6 Å². The summed E-state index contributed by atoms with van der Waals surface area (Å²) in [5, 5.41) is 9.99. The van der Waals surface area contributed by atoms with Gasteiger partial charge in [-0.2, -0.15) is 9.97 Å². The average Bonchev–Trinajstić information content (AvgIpc) is 3.58. The van der Waals surface area contributed by atoms with E-state index in [-0.39, 0.29) is 23.7 Å². The van der Waals surface area contributed by atoms with Crippen molar-refractivity contribution in [3.05, 3.63) is 53.2 Å². The van der Waals surface area contributed by atoms with E-state index in [0.29, 0.717) is 38.7 Å². The van der Waals surface area contributed by atoms with Gasteiger partial charge in [-0.25, -0.2) is 0 Å². The van der Waals surface area contributed by atoms with E-state index >= 15 is 0 Å². The highest BCUT2D eigenvalue weighted by atomic mass is 16.5. The van der Waals surface area contributed by atoms with Crippen molar-refractivity contribution in [3.8, 4) is 11.8 Å². The van der Waals surface area contributed by atoms with Gasteiger partial charge in [0, 0.05) is 50.4 Å². The molecule has 0 bridgehead atoms. The molecule has 9 nitrogen and oxygen atoms in total. The molecule has 0 aliphatic carbocycles. The molecule has 9 heteroatoms. The number of hydrogen-bond acceptors (Lipinski definition) is 8. The highest BCUT2D eigenvalue weighted by molar-refractivity contribution is 5.87. The number of piperazine rings is 1. The molecule has 5 rings (SSSR count). The number of aromatic hydroxyl groups is 1. The molecule has 0 spiro atoms. The molecular weight excluding hydrogens is 480 g/mol. The molecule has 206 valence electrons. The second-order valence-electron chi connectivity index (χ2n) is 10.6. The summed E-state index contributed by atoms with van der Waals surface area (Å²) in [4.78, 5) is 30.2. The third-order valence-electron chi connectivity index (χ3n) is 7.92. The fraction of sp³-hybridized carbons (Fsp3) is 0.552. The normalized spacial score (nSPS) is 20.5. The number of carbonyl (C=O) groups excluding carboxylic acids is 1. The van der Waals surface area contributed by atoms with Crippen LogP contribution in [0.15, 0.2) is 30.9 Å². The fourth-order valence-electron chi connectivity index (χ4n) is 5.59. The van der Waals surface area contributed by atoms with Crippen molar-refractivity contribution in [2.75, 3.05) is 51.8 Å². The van der Waals surface area contributed by atoms with Crippen molar-refractivity contribution in [2.24, 2.45) is 0 Å². The number of nitrogens with zero attached hydrogens (tertiary/aromatic N) is 6. The van der Waals surface area contributed by atoms with Crippen LogP contribution in [-0.4, -0.2) is 88.6 Å². The maximum atomic E-state index is 12.1. The molecule has 3 aliphatic rings. The van der Waals surface area contributed by atoms with Crippen molar-refractivity contribution < 1.29 is 14.6 Å². The molecule has 1 aromatic carbocycles. The van der Waals surface area contributed by atoms with Crippen LogP contribution < -0.4 is 9.64 Å². The summed E-state index contributed by atoms with van der Waals surface area (Å²) >= 11 is 0. The largest absolute Gasteiger partial charge is 0.508 e. The zero-order chi connectivity index (χ0) is 27.4. The molecule has 3 aliphatic heterocycles. The minimum absolute atomic E-state index is 0.0384. The Balaban J connectivity index is 0.000000494. The zero-order valence-corrected chi connectivity index (χ0v) is 23.5. The van der Waals surface area contributed by atoms with Crippen molar-refractivity contribution in [1.82, 2.24) is 24.7 Å². The van der Waals surface area contributed by atoms with Crippen LogP contribution in [0.25, 0.3) is 0 Å². The van der Waals surface area contributed by atoms with Crippen LogP contribution in [0.3, 0.4) is 0 Å². The van der Waals surface area contributed by atoms with E-state index in [1.54, 1.807) is 13.2 Å². The molecule has 2 fully saturated rings. The Morgan fingerprint density at radius 3 is 2.53 bits per heavy atom. The van der Waals surface area contributed by atoms with E-state index in [0.717, 1.165) is 28.2 Å². The first-order chi connectivity index (χ1) is 18.2. The van der Waals surface area contributed by atoms with Gasteiger partial charge < -0.3 is 24.5 Å². The van der Waals surface area contributed by atoms with Gasteiger partial charge in [-0.05, 0) is 83.1 Å². The van der Waals surface area contributed by atoms with Crippen LogP contribution in [0.1, 0.15) is 55.1 Å². The number of hydrogen-bond donors (Lipinski definition) is 1. The second kappa shape index (κ2) is 12.1. The highest BCUT2D eigenvalue weighted by Crippen LogP contribution is 2.38. The summed E-state index contributed by atoms with van der Waals surface area (Å²) in [6.07, 6.45) is 4.20. The minimum atomic E-state index is -0.0384. The number of ether oxygens (including phenoxy) is 1. The van der Waals surface area contributed by atoms with Gasteiger partial charge in [0.2, 0.25) is 5.91 Å². The number of carbonyl (C=O) groups is 1. The first-order valence-electron chi connectivity index (χ1n) is 13.6. The monoisotopic (exact) mass is 522 g/mol. The number of benzene rings is 1. The van der Waals surface area contributed by atoms with Crippen LogP contribution in [0.5, 0.6) is 11.8 Å². The number of fused-ring (bicyclic) bond motifs is 1. The Morgan fingerprint density at radius 2 is 1.92 bits per heavy atom. The van der Waals surface area contributed by atoms with E-state index in [1.807, 2.05) is 17.0 Å². The number of phenolic OH excluding ortho intramolecular Hbond substituents is 1. The Hall–Kier alpha value is -3.17. The number of likely N-dealkylation sites (tertiary alicyclic amines) is 1. The molecule has 1 N–H and O–H groups in total. The molecule has 1 amide bonds. The van der Waals surface area contributed by atoms with E-state index in [2.05, 4.69) is 54.1 Å². The quantitative estimate of drug-likeness (QED) is 0.598. The molecule has 2 saturated heterocycles. The molecule has 2 atom stereocenters. The maximum absolute atomic E-state index is 12.1. The van der Waals surface area contributed by atoms with Gasteiger partial charge in [0.25, 0.3) is 0 Å². The van der Waals surface area contributed by atoms with Crippen molar-refractivity contribution >= 4 is 11.7 Å². The van der Waals surface area contributed by atoms with Gasteiger partial charge in [-0.15, -0.1) is 0 Å². The summed E-state index contributed by atoms with van der Waals surface area (Å²) < 4.78 is 5.42. The summed E-state index contributed by atoms with van der Waals surface area (Å²) in [5.74, 6) is 1.12. The van der Waals surface area contributed by atoms with E-state index in [9.17, 15) is 9.90 Å². The number of aryl methyl sites for hydroxylation is 1. The van der Waals surface area contributed by atoms with Crippen LogP contribution in [0.4, 0.5) is 5.82 Å². The third-order valence-corrected chi connectivity index (χ3v) is 7.92. The Morgan fingerprint density at radius 1 is 1.18 bits per heavy atom. The number of aromatic nitrogens is 2. The lowest BCUT2D eigenvalue weighted by molar-refractivity contribution is -0.126. The van der Waals surface area contributed by atoms with Gasteiger partial charge in [-0.3, -0.25) is 9.69 Å². The van der Waals surface area contributed by atoms with Gasteiger partial charge in [0.05, 0.1) is 12.8 Å². The minimum Gasteiger partial charge on any atom is -0.508 e. The Bertz CT molecular complexity index is 1150. The predicted molar refractivity (Wildman–Crippen MR) is 149 cm³/mol. The van der Waals surface area contributed by atoms with Crippen LogP contribution in [0.2, 0.25) is 0 Å². The summed E-state index contributed by atoms with van der Waals surface area (Å²) in [5.41, 5.74) is 4.31.